The minimum absolute atomic E-state index is 0.343. The average molecular weight is 261 g/mol. The van der Waals surface area contributed by atoms with Crippen molar-refractivity contribution in [3.63, 3.8) is 0 Å². The van der Waals surface area contributed by atoms with Gasteiger partial charge in [-0.25, -0.2) is 4.98 Å². The molecule has 1 aromatic heterocycles. The number of aromatic nitrogens is 1. The van der Waals surface area contributed by atoms with E-state index in [1.165, 1.54) is 17.8 Å². The summed E-state index contributed by atoms with van der Waals surface area (Å²) in [5, 5.41) is 11.9. The molecule has 1 N–H and O–H groups in total. The van der Waals surface area contributed by atoms with Crippen molar-refractivity contribution >= 4 is 11.8 Å². The first-order chi connectivity index (χ1) is 7.97. The number of rotatable bonds is 4. The molecule has 0 aliphatic heterocycles. The van der Waals surface area contributed by atoms with Gasteiger partial charge in [0.2, 0.25) is 0 Å². The molecular formula is C10H10F3N3S. The number of nitrogens with zero attached hydrogens (tertiary/aromatic N) is 2. The summed E-state index contributed by atoms with van der Waals surface area (Å²) in [6.45, 7) is 0. The van der Waals surface area contributed by atoms with Gasteiger partial charge in [0.05, 0.1) is 16.7 Å². The Hall–Kier alpha value is -1.26. The number of nitrogens with one attached hydrogen (secondary N) is 1. The first-order valence-electron chi connectivity index (χ1n) is 4.70. The molecule has 7 heteroatoms. The van der Waals surface area contributed by atoms with Crippen molar-refractivity contribution in [3.05, 3.63) is 23.9 Å². The molecule has 1 rings (SSSR count). The summed E-state index contributed by atoms with van der Waals surface area (Å²) in [7, 11) is 1.65. The fourth-order valence-electron chi connectivity index (χ4n) is 0.987. The molecule has 0 aromatic carbocycles. The Balaban J connectivity index is 2.61. The minimum Gasteiger partial charge on any atom is -0.304 e. The molecule has 92 valence electrons. The molecular weight excluding hydrogens is 251 g/mol. The standard InChI is InChI=1S/C10H10F3N3S/c1-15-8(4-14)6-17-9-3-2-7(5-16-9)10(11,12)13/h2-3,5,8,15H,6H2,1H3. The number of hydrogen-bond acceptors (Lipinski definition) is 4. The molecule has 0 saturated carbocycles. The fourth-order valence-corrected chi connectivity index (χ4v) is 1.86. The van der Waals surface area contributed by atoms with Crippen LogP contribution in [-0.4, -0.2) is 23.8 Å². The quantitative estimate of drug-likeness (QED) is 0.845. The van der Waals surface area contributed by atoms with Crippen LogP contribution in [0.3, 0.4) is 0 Å². The van der Waals surface area contributed by atoms with E-state index in [1.54, 1.807) is 7.05 Å². The summed E-state index contributed by atoms with van der Waals surface area (Å²) < 4.78 is 36.7. The first-order valence-corrected chi connectivity index (χ1v) is 5.69. The summed E-state index contributed by atoms with van der Waals surface area (Å²) in [5.74, 6) is 0.436. The third kappa shape index (κ3) is 4.24. The Morgan fingerprint density at radius 3 is 2.65 bits per heavy atom. The molecule has 0 radical (unpaired) electrons. The third-order valence-corrected chi connectivity index (χ3v) is 3.00. The molecule has 0 amide bonds. The van der Waals surface area contributed by atoms with E-state index in [-0.39, 0.29) is 6.04 Å². The van der Waals surface area contributed by atoms with Gasteiger partial charge >= 0.3 is 6.18 Å². The molecule has 0 aliphatic carbocycles. The van der Waals surface area contributed by atoms with Crippen molar-refractivity contribution in [2.24, 2.45) is 0 Å². The van der Waals surface area contributed by atoms with Gasteiger partial charge in [-0.05, 0) is 19.2 Å². The maximum atomic E-state index is 12.2. The first kappa shape index (κ1) is 13.8. The highest BCUT2D eigenvalue weighted by atomic mass is 32.2. The Labute approximate surface area is 101 Å². The highest BCUT2D eigenvalue weighted by molar-refractivity contribution is 7.99. The van der Waals surface area contributed by atoms with Crippen LogP contribution < -0.4 is 5.32 Å². The van der Waals surface area contributed by atoms with Crippen LogP contribution in [0.4, 0.5) is 13.2 Å². The lowest BCUT2D eigenvalue weighted by atomic mass is 10.3. The van der Waals surface area contributed by atoms with Crippen LogP contribution >= 0.6 is 11.8 Å². The van der Waals surface area contributed by atoms with Gasteiger partial charge in [0, 0.05) is 11.9 Å². The van der Waals surface area contributed by atoms with Crippen LogP contribution in [0.15, 0.2) is 23.4 Å². The van der Waals surface area contributed by atoms with Gasteiger partial charge in [0.25, 0.3) is 0 Å². The highest BCUT2D eigenvalue weighted by Gasteiger charge is 2.30. The third-order valence-electron chi connectivity index (χ3n) is 1.97. The molecule has 17 heavy (non-hydrogen) atoms. The second kappa shape index (κ2) is 5.89. The number of pyridine rings is 1. The predicted octanol–water partition coefficient (Wildman–Crippen LogP) is 2.30. The number of halogens is 3. The molecule has 0 spiro atoms. The molecule has 0 saturated heterocycles. The number of thioether (sulfide) groups is 1. The SMILES string of the molecule is CNC(C#N)CSc1ccc(C(F)(F)F)cn1. The number of hydrogen-bond donors (Lipinski definition) is 1. The van der Waals surface area contributed by atoms with Gasteiger partial charge in [-0.3, -0.25) is 0 Å². The van der Waals surface area contributed by atoms with E-state index >= 15 is 0 Å². The largest absolute Gasteiger partial charge is 0.417 e. The van der Waals surface area contributed by atoms with Gasteiger partial charge in [0.15, 0.2) is 0 Å². The molecule has 3 nitrogen and oxygen atoms in total. The monoisotopic (exact) mass is 261 g/mol. The average Bonchev–Trinajstić information content (AvgIpc) is 2.30. The van der Waals surface area contributed by atoms with Crippen LogP contribution in [0, 0.1) is 11.3 Å². The van der Waals surface area contributed by atoms with Gasteiger partial charge in [-0.2, -0.15) is 18.4 Å². The predicted molar refractivity (Wildman–Crippen MR) is 58.4 cm³/mol. The summed E-state index contributed by atoms with van der Waals surface area (Å²) >= 11 is 1.23. The summed E-state index contributed by atoms with van der Waals surface area (Å²) in [5.41, 5.74) is -0.771. The van der Waals surface area contributed by atoms with E-state index in [2.05, 4.69) is 10.3 Å². The Morgan fingerprint density at radius 1 is 1.53 bits per heavy atom. The minimum atomic E-state index is -4.36. The van der Waals surface area contributed by atoms with Crippen molar-refractivity contribution in [3.8, 4) is 6.07 Å². The molecule has 0 aliphatic rings. The van der Waals surface area contributed by atoms with Crippen molar-refractivity contribution in [1.29, 1.82) is 5.26 Å². The number of nitriles is 1. The zero-order chi connectivity index (χ0) is 12.9. The van der Waals surface area contributed by atoms with E-state index in [0.29, 0.717) is 10.8 Å². The second-order valence-corrected chi connectivity index (χ2v) is 4.20. The van der Waals surface area contributed by atoms with Crippen LogP contribution in [0.1, 0.15) is 5.56 Å². The molecule has 1 atom stereocenters. The van der Waals surface area contributed by atoms with Crippen LogP contribution in [0.5, 0.6) is 0 Å². The van der Waals surface area contributed by atoms with Crippen LogP contribution in [-0.2, 0) is 6.18 Å². The molecule has 0 fully saturated rings. The van der Waals surface area contributed by atoms with E-state index in [0.717, 1.165) is 12.3 Å². The molecule has 1 unspecified atom stereocenters. The second-order valence-electron chi connectivity index (χ2n) is 3.16. The Kier molecular flexibility index (Phi) is 4.78. The zero-order valence-electron chi connectivity index (χ0n) is 8.95. The molecule has 1 aromatic rings. The van der Waals surface area contributed by atoms with Gasteiger partial charge in [-0.1, -0.05) is 0 Å². The Bertz CT molecular complexity index is 397. The lowest BCUT2D eigenvalue weighted by Gasteiger charge is -2.08. The van der Waals surface area contributed by atoms with Crippen LogP contribution in [0.2, 0.25) is 0 Å². The van der Waals surface area contributed by atoms with Crippen molar-refractivity contribution in [1.82, 2.24) is 10.3 Å². The highest BCUT2D eigenvalue weighted by Crippen LogP contribution is 2.29. The van der Waals surface area contributed by atoms with E-state index in [4.69, 9.17) is 5.26 Å². The van der Waals surface area contributed by atoms with Gasteiger partial charge in [0.1, 0.15) is 6.04 Å². The summed E-state index contributed by atoms with van der Waals surface area (Å²) in [4.78, 5) is 3.69. The van der Waals surface area contributed by atoms with E-state index in [1.807, 2.05) is 6.07 Å². The fraction of sp³-hybridized carbons (Fsp3) is 0.400. The molecule has 1 heterocycles. The maximum Gasteiger partial charge on any atom is 0.417 e. The van der Waals surface area contributed by atoms with Gasteiger partial charge in [-0.15, -0.1) is 11.8 Å². The van der Waals surface area contributed by atoms with Gasteiger partial charge < -0.3 is 5.32 Å². The van der Waals surface area contributed by atoms with Crippen LogP contribution in [0.25, 0.3) is 0 Å². The van der Waals surface area contributed by atoms with Crippen molar-refractivity contribution < 1.29 is 13.2 Å². The normalized spacial score (nSPS) is 13.1. The smallest absolute Gasteiger partial charge is 0.304 e. The molecule has 0 bridgehead atoms. The van der Waals surface area contributed by atoms with Crippen molar-refractivity contribution in [2.75, 3.05) is 12.8 Å². The lowest BCUT2D eigenvalue weighted by molar-refractivity contribution is -0.137. The van der Waals surface area contributed by atoms with E-state index in [9.17, 15) is 13.2 Å². The summed E-state index contributed by atoms with van der Waals surface area (Å²) in [6.07, 6.45) is -3.57. The zero-order valence-corrected chi connectivity index (χ0v) is 9.77. The Morgan fingerprint density at radius 2 is 2.24 bits per heavy atom. The maximum absolute atomic E-state index is 12.2. The summed E-state index contributed by atoms with van der Waals surface area (Å²) in [6, 6.07) is 3.96. The van der Waals surface area contributed by atoms with E-state index < -0.39 is 11.7 Å². The topological polar surface area (TPSA) is 48.7 Å². The lowest BCUT2D eigenvalue weighted by Crippen LogP contribution is -2.25. The number of alkyl halides is 3. The van der Waals surface area contributed by atoms with Crippen molar-refractivity contribution in [2.45, 2.75) is 17.2 Å².